The van der Waals surface area contributed by atoms with Gasteiger partial charge in [-0.25, -0.2) is 9.78 Å². The van der Waals surface area contributed by atoms with Crippen molar-refractivity contribution < 1.29 is 28.8 Å². The van der Waals surface area contributed by atoms with Crippen LogP contribution in [-0.2, 0) is 20.8 Å². The summed E-state index contributed by atoms with van der Waals surface area (Å²) in [7, 11) is 3.01. The number of nitrogens with zero attached hydrogens (tertiary/aromatic N) is 2. The van der Waals surface area contributed by atoms with E-state index in [1.807, 2.05) is 38.7 Å². The highest BCUT2D eigenvalue weighted by molar-refractivity contribution is 6.47. The molecule has 2 aliphatic heterocycles. The molecule has 1 aromatic heterocycles. The molecule has 3 heterocycles. The van der Waals surface area contributed by atoms with Gasteiger partial charge in [-0.05, 0) is 93.5 Å². The summed E-state index contributed by atoms with van der Waals surface area (Å²) < 4.78 is 17.2. The summed E-state index contributed by atoms with van der Waals surface area (Å²) in [5.74, 6) is 1.79. The third kappa shape index (κ3) is 5.95. The number of alkyl carbamates (subject to hydrolysis) is 1. The Bertz CT molecular complexity index is 1930. The van der Waals surface area contributed by atoms with Crippen LogP contribution >= 0.6 is 0 Å². The number of methoxy groups -OCH3 is 1. The van der Waals surface area contributed by atoms with Crippen LogP contribution in [0.1, 0.15) is 84.7 Å². The standard InChI is InChI=1S/C38H46BN4O6/c1-20(2)32(42-36(45)47-7)35(44)43-29-10-8-9-22(29)17-30(43)34-40-28-14-11-21-16-27-25-13-12-24(39-49-38(5,6)37(3,4)46)15-23(25)19-48-31(27)18-26(21)33(28)41-34/h11-16,18,20,22,29-30,32,46H,8-10,17,19H2,1-7H3,(H,40,41)(H,42,45)/t22-,29-,30-,32-/m0/s1. The molecule has 4 aromatic rings. The summed E-state index contributed by atoms with van der Waals surface area (Å²) in [4.78, 5) is 37.1. The Morgan fingerprint density at radius 2 is 1.90 bits per heavy atom. The van der Waals surface area contributed by atoms with Crippen LogP contribution in [-0.4, -0.2) is 69.9 Å². The lowest BCUT2D eigenvalue weighted by molar-refractivity contribution is -0.137. The lowest BCUT2D eigenvalue weighted by atomic mass is 9.80. The van der Waals surface area contributed by atoms with Gasteiger partial charge in [0.05, 0.1) is 35.4 Å². The molecule has 10 nitrogen and oxygen atoms in total. The number of nitrogens with one attached hydrogen (secondary N) is 2. The zero-order chi connectivity index (χ0) is 34.8. The Labute approximate surface area is 288 Å². The Balaban J connectivity index is 1.20. The highest BCUT2D eigenvalue weighted by Crippen LogP contribution is 2.48. The van der Waals surface area contributed by atoms with Crippen molar-refractivity contribution in [2.75, 3.05) is 7.11 Å². The number of fused-ring (bicyclic) bond motifs is 7. The molecule has 1 aliphatic carbocycles. The van der Waals surface area contributed by atoms with E-state index in [1.165, 1.54) is 7.11 Å². The van der Waals surface area contributed by atoms with Crippen LogP contribution in [0.3, 0.4) is 0 Å². The van der Waals surface area contributed by atoms with Crippen LogP contribution in [0.15, 0.2) is 42.5 Å². The van der Waals surface area contributed by atoms with Crippen molar-refractivity contribution in [2.45, 2.75) is 103 Å². The summed E-state index contributed by atoms with van der Waals surface area (Å²) in [5, 5.41) is 15.3. The van der Waals surface area contributed by atoms with Crippen LogP contribution in [0.25, 0.3) is 32.9 Å². The fourth-order valence-electron chi connectivity index (χ4n) is 7.63. The van der Waals surface area contributed by atoms with Gasteiger partial charge in [-0.3, -0.25) is 4.79 Å². The summed E-state index contributed by atoms with van der Waals surface area (Å²) >= 11 is 0. The third-order valence-corrected chi connectivity index (χ3v) is 11.2. The van der Waals surface area contributed by atoms with Crippen molar-refractivity contribution >= 4 is 46.8 Å². The first-order valence-electron chi connectivity index (χ1n) is 17.4. The largest absolute Gasteiger partial charge is 0.488 e. The molecule has 0 bridgehead atoms. The SMILES string of the molecule is COC(=O)N[C@H](C(=O)N1[C@H](c2nc3c(ccc4cc5c(cc43)OCc3cc([B]OC(C)(C)C(C)(C)O)ccc3-5)[nH]2)C[C@@H]2CCC[C@@H]21)C(C)C. The molecule has 49 heavy (non-hydrogen) atoms. The first kappa shape index (κ1) is 33.4. The molecule has 11 heteroatoms. The summed E-state index contributed by atoms with van der Waals surface area (Å²) in [6, 6.07) is 13.8. The molecule has 3 aliphatic rings. The second kappa shape index (κ2) is 12.4. The molecule has 0 spiro atoms. The number of carbonyl (C=O) groups is 2. The Kier molecular flexibility index (Phi) is 8.42. The number of H-pyrrole nitrogens is 1. The van der Waals surface area contributed by atoms with Gasteiger partial charge in [0.1, 0.15) is 24.2 Å². The van der Waals surface area contributed by atoms with Crippen molar-refractivity contribution in [3.05, 3.63) is 53.9 Å². The molecule has 257 valence electrons. The highest BCUT2D eigenvalue weighted by Gasteiger charge is 2.49. The van der Waals surface area contributed by atoms with E-state index in [9.17, 15) is 14.7 Å². The molecule has 7 rings (SSSR count). The first-order chi connectivity index (χ1) is 23.3. The van der Waals surface area contributed by atoms with Gasteiger partial charge in [0.2, 0.25) is 5.91 Å². The van der Waals surface area contributed by atoms with Crippen LogP contribution < -0.4 is 15.5 Å². The van der Waals surface area contributed by atoms with Gasteiger partial charge in [-0.15, -0.1) is 0 Å². The average molecular weight is 666 g/mol. The predicted octanol–water partition coefficient (Wildman–Crippen LogP) is 5.91. The van der Waals surface area contributed by atoms with Crippen LogP contribution in [0.2, 0.25) is 0 Å². The van der Waals surface area contributed by atoms with Gasteiger partial charge in [-0.1, -0.05) is 50.0 Å². The van der Waals surface area contributed by atoms with E-state index in [-0.39, 0.29) is 23.9 Å². The minimum atomic E-state index is -1.01. The number of hydrogen-bond donors (Lipinski definition) is 3. The molecule has 1 saturated carbocycles. The van der Waals surface area contributed by atoms with Crippen LogP contribution in [0, 0.1) is 11.8 Å². The summed E-state index contributed by atoms with van der Waals surface area (Å²) in [5.41, 5.74) is 4.08. The van der Waals surface area contributed by atoms with E-state index >= 15 is 0 Å². The lowest BCUT2D eigenvalue weighted by Crippen LogP contribution is -2.53. The molecule has 4 atom stereocenters. The second-order valence-corrected chi connectivity index (χ2v) is 15.3. The van der Waals surface area contributed by atoms with Gasteiger partial charge in [0.25, 0.3) is 0 Å². The van der Waals surface area contributed by atoms with Gasteiger partial charge >= 0.3 is 13.6 Å². The Hall–Kier alpha value is -4.09. The summed E-state index contributed by atoms with van der Waals surface area (Å²) in [6.07, 6.45) is 3.37. The van der Waals surface area contributed by atoms with E-state index in [0.29, 0.717) is 12.5 Å². The maximum Gasteiger partial charge on any atom is 0.407 e. The average Bonchev–Trinajstić information content (AvgIpc) is 3.79. The molecule has 2 amide bonds. The van der Waals surface area contributed by atoms with Crippen molar-refractivity contribution in [2.24, 2.45) is 11.8 Å². The van der Waals surface area contributed by atoms with E-state index in [2.05, 4.69) is 46.7 Å². The number of hydrogen-bond acceptors (Lipinski definition) is 7. The number of aromatic nitrogens is 2. The Morgan fingerprint density at radius 1 is 1.10 bits per heavy atom. The van der Waals surface area contributed by atoms with Gasteiger partial charge < -0.3 is 34.4 Å². The maximum absolute atomic E-state index is 14.2. The van der Waals surface area contributed by atoms with Crippen molar-refractivity contribution in [3.63, 3.8) is 0 Å². The second-order valence-electron chi connectivity index (χ2n) is 15.3. The molecule has 1 saturated heterocycles. The number of imidazole rings is 1. The molecule has 3 aromatic carbocycles. The monoisotopic (exact) mass is 665 g/mol. The minimum absolute atomic E-state index is 0.0838. The van der Waals surface area contributed by atoms with E-state index in [1.54, 1.807) is 21.3 Å². The van der Waals surface area contributed by atoms with Crippen molar-refractivity contribution in [3.8, 4) is 16.9 Å². The van der Waals surface area contributed by atoms with Gasteiger partial charge in [0, 0.05) is 17.0 Å². The predicted molar refractivity (Wildman–Crippen MR) is 190 cm³/mol. The number of rotatable bonds is 8. The molecule has 3 N–H and O–H groups in total. The number of likely N-dealkylation sites (tertiary alicyclic amines) is 1. The van der Waals surface area contributed by atoms with E-state index < -0.39 is 23.3 Å². The quantitative estimate of drug-likeness (QED) is 0.200. The number of benzene rings is 3. The molecular formula is C38H46BN4O6. The molecule has 2 fully saturated rings. The lowest BCUT2D eigenvalue weighted by Gasteiger charge is -2.37. The first-order valence-corrected chi connectivity index (χ1v) is 17.4. The zero-order valence-electron chi connectivity index (χ0n) is 29.4. The van der Waals surface area contributed by atoms with E-state index in [4.69, 9.17) is 19.1 Å². The topological polar surface area (TPSA) is 126 Å². The fourth-order valence-corrected chi connectivity index (χ4v) is 7.63. The number of ether oxygens (including phenoxy) is 2. The summed E-state index contributed by atoms with van der Waals surface area (Å²) in [6.45, 7) is 11.5. The van der Waals surface area contributed by atoms with Crippen molar-refractivity contribution in [1.29, 1.82) is 0 Å². The van der Waals surface area contributed by atoms with Crippen LogP contribution in [0.4, 0.5) is 4.79 Å². The minimum Gasteiger partial charge on any atom is -0.488 e. The molecule has 0 unspecified atom stereocenters. The smallest absolute Gasteiger partial charge is 0.407 e. The van der Waals surface area contributed by atoms with Gasteiger partial charge in [-0.2, -0.15) is 0 Å². The van der Waals surface area contributed by atoms with E-state index in [0.717, 1.165) is 81.2 Å². The number of amides is 2. The number of carbonyl (C=O) groups excluding carboxylic acids is 2. The fraction of sp³-hybridized carbons (Fsp3) is 0.500. The third-order valence-electron chi connectivity index (χ3n) is 11.2. The maximum atomic E-state index is 14.2. The normalized spacial score (nSPS) is 20.9. The van der Waals surface area contributed by atoms with Gasteiger partial charge in [0.15, 0.2) is 0 Å². The Morgan fingerprint density at radius 3 is 2.63 bits per heavy atom. The zero-order valence-corrected chi connectivity index (χ0v) is 29.4. The highest BCUT2D eigenvalue weighted by atomic mass is 16.5. The van der Waals surface area contributed by atoms with Crippen molar-refractivity contribution in [1.82, 2.24) is 20.2 Å². The molecule has 1 radical (unpaired) electrons. The molecular weight excluding hydrogens is 619 g/mol. The van der Waals surface area contributed by atoms with Crippen LogP contribution in [0.5, 0.6) is 5.75 Å². The number of aliphatic hydroxyl groups is 1. The number of aromatic amines is 1.